The summed E-state index contributed by atoms with van der Waals surface area (Å²) in [6.45, 7) is 5.27. The van der Waals surface area contributed by atoms with Crippen molar-refractivity contribution < 1.29 is 14.6 Å². The minimum Gasteiger partial charge on any atom is -0.496 e. The molecule has 0 aromatic heterocycles. The topological polar surface area (TPSA) is 46.5 Å². The second kappa shape index (κ2) is 4.45. The molecule has 0 saturated heterocycles. The summed E-state index contributed by atoms with van der Waals surface area (Å²) in [7, 11) is 1.57. The van der Waals surface area contributed by atoms with E-state index in [1.165, 1.54) is 0 Å². The van der Waals surface area contributed by atoms with Gasteiger partial charge in [0.15, 0.2) is 0 Å². The van der Waals surface area contributed by atoms with Gasteiger partial charge in [-0.05, 0) is 53.9 Å². The molecule has 1 aromatic rings. The molecule has 0 atom stereocenters. The smallest absolute Gasteiger partial charge is 0.313 e. The lowest BCUT2D eigenvalue weighted by Gasteiger charge is -2.21. The van der Waals surface area contributed by atoms with Crippen molar-refractivity contribution in [1.82, 2.24) is 0 Å². The third kappa shape index (κ3) is 2.21. The third-order valence-electron chi connectivity index (χ3n) is 2.70. The number of benzene rings is 1. The van der Waals surface area contributed by atoms with Gasteiger partial charge in [-0.15, -0.1) is 0 Å². The quantitative estimate of drug-likeness (QED) is 0.929. The van der Waals surface area contributed by atoms with Gasteiger partial charge in [0.05, 0.1) is 17.0 Å². The molecule has 0 bridgehead atoms. The van der Waals surface area contributed by atoms with Crippen LogP contribution in [-0.2, 0) is 10.2 Å². The lowest BCUT2D eigenvalue weighted by atomic mass is 9.84. The molecule has 1 N–H and O–H groups in total. The zero-order chi connectivity index (χ0) is 12.5. The monoisotopic (exact) mass is 286 g/mol. The average Bonchev–Trinajstić information content (AvgIpc) is 2.21. The minimum absolute atomic E-state index is 0.657. The highest BCUT2D eigenvalue weighted by molar-refractivity contribution is 9.10. The molecule has 0 aliphatic carbocycles. The molecule has 1 rings (SSSR count). The Hall–Kier alpha value is -1.03. The predicted molar refractivity (Wildman–Crippen MR) is 66.1 cm³/mol. The second-order valence-corrected chi connectivity index (χ2v) is 5.03. The van der Waals surface area contributed by atoms with Crippen LogP contribution in [0.25, 0.3) is 0 Å². The van der Waals surface area contributed by atoms with Crippen LogP contribution in [0.2, 0.25) is 0 Å². The molecule has 0 unspecified atom stereocenters. The number of rotatable bonds is 3. The molecule has 4 heteroatoms. The molecule has 0 saturated carbocycles. The maximum Gasteiger partial charge on any atom is 0.313 e. The highest BCUT2D eigenvalue weighted by Crippen LogP contribution is 2.34. The van der Waals surface area contributed by atoms with Gasteiger partial charge in [0, 0.05) is 0 Å². The highest BCUT2D eigenvalue weighted by atomic mass is 79.9. The number of aliphatic carboxylic acids is 1. The van der Waals surface area contributed by atoms with E-state index in [-0.39, 0.29) is 0 Å². The lowest BCUT2D eigenvalue weighted by Crippen LogP contribution is -2.28. The Labute approximate surface area is 104 Å². The van der Waals surface area contributed by atoms with E-state index < -0.39 is 11.4 Å². The number of ether oxygens (including phenoxy) is 1. The first-order valence-electron chi connectivity index (χ1n) is 4.88. The first kappa shape index (κ1) is 13.0. The number of carboxylic acids is 1. The van der Waals surface area contributed by atoms with E-state index in [4.69, 9.17) is 9.84 Å². The Morgan fingerprint density at radius 2 is 2.00 bits per heavy atom. The molecule has 3 nitrogen and oxygen atoms in total. The summed E-state index contributed by atoms with van der Waals surface area (Å²) in [4.78, 5) is 11.2. The Kier molecular flexibility index (Phi) is 3.63. The lowest BCUT2D eigenvalue weighted by molar-refractivity contribution is -0.142. The van der Waals surface area contributed by atoms with Crippen LogP contribution in [0.15, 0.2) is 16.6 Å². The Bertz CT molecular complexity index is 425. The van der Waals surface area contributed by atoms with Gasteiger partial charge in [0.25, 0.3) is 0 Å². The van der Waals surface area contributed by atoms with E-state index in [1.807, 2.05) is 13.0 Å². The van der Waals surface area contributed by atoms with E-state index in [1.54, 1.807) is 27.0 Å². The molecule has 0 fully saturated rings. The van der Waals surface area contributed by atoms with E-state index in [0.717, 1.165) is 15.6 Å². The summed E-state index contributed by atoms with van der Waals surface area (Å²) in [6.07, 6.45) is 0. The van der Waals surface area contributed by atoms with Crippen LogP contribution in [0.3, 0.4) is 0 Å². The van der Waals surface area contributed by atoms with E-state index >= 15 is 0 Å². The van der Waals surface area contributed by atoms with Crippen LogP contribution in [0.5, 0.6) is 5.75 Å². The fraction of sp³-hybridized carbons (Fsp3) is 0.417. The van der Waals surface area contributed by atoms with Gasteiger partial charge < -0.3 is 9.84 Å². The predicted octanol–water partition coefficient (Wildman–Crippen LogP) is 3.13. The van der Waals surface area contributed by atoms with Crippen molar-refractivity contribution in [3.63, 3.8) is 0 Å². The van der Waals surface area contributed by atoms with Gasteiger partial charge in [-0.2, -0.15) is 0 Å². The van der Waals surface area contributed by atoms with Gasteiger partial charge in [-0.1, -0.05) is 6.07 Å². The average molecular weight is 287 g/mol. The van der Waals surface area contributed by atoms with Crippen LogP contribution < -0.4 is 4.74 Å². The van der Waals surface area contributed by atoms with Crippen molar-refractivity contribution in [1.29, 1.82) is 0 Å². The summed E-state index contributed by atoms with van der Waals surface area (Å²) in [5.74, 6) is -0.194. The fourth-order valence-corrected chi connectivity index (χ4v) is 1.76. The largest absolute Gasteiger partial charge is 0.496 e. The maximum atomic E-state index is 11.2. The number of methoxy groups -OCH3 is 1. The first-order valence-corrected chi connectivity index (χ1v) is 5.68. The minimum atomic E-state index is -0.918. The van der Waals surface area contributed by atoms with E-state index in [2.05, 4.69) is 15.9 Å². The molecular weight excluding hydrogens is 272 g/mol. The van der Waals surface area contributed by atoms with Crippen molar-refractivity contribution in [3.05, 3.63) is 27.7 Å². The highest BCUT2D eigenvalue weighted by Gasteiger charge is 2.30. The summed E-state index contributed by atoms with van der Waals surface area (Å²) in [5.41, 5.74) is 0.778. The number of carbonyl (C=O) groups is 1. The van der Waals surface area contributed by atoms with Gasteiger partial charge in [-0.3, -0.25) is 4.79 Å². The van der Waals surface area contributed by atoms with Crippen molar-refractivity contribution in [3.8, 4) is 5.75 Å². The van der Waals surface area contributed by atoms with Crippen LogP contribution in [0, 0.1) is 6.92 Å². The molecule has 16 heavy (non-hydrogen) atoms. The van der Waals surface area contributed by atoms with Gasteiger partial charge in [0.2, 0.25) is 0 Å². The summed E-state index contributed by atoms with van der Waals surface area (Å²) >= 11 is 3.41. The van der Waals surface area contributed by atoms with Crippen molar-refractivity contribution in [2.75, 3.05) is 7.11 Å². The Balaban J connectivity index is 3.37. The molecular formula is C12H15BrO3. The normalized spacial score (nSPS) is 11.3. The zero-order valence-corrected chi connectivity index (χ0v) is 11.4. The SMILES string of the molecule is COc1cc(C(C)(C)C(=O)O)cc(C)c1Br. The standard InChI is InChI=1S/C12H15BrO3/c1-7-5-8(12(2,3)11(14)15)6-9(16-4)10(7)13/h5-6H,1-4H3,(H,14,15). The first-order chi connectivity index (χ1) is 7.30. The Morgan fingerprint density at radius 3 is 2.44 bits per heavy atom. The number of halogens is 1. The molecule has 0 aliphatic rings. The van der Waals surface area contributed by atoms with E-state index in [9.17, 15) is 4.79 Å². The van der Waals surface area contributed by atoms with E-state index in [0.29, 0.717) is 5.75 Å². The van der Waals surface area contributed by atoms with Gasteiger partial charge in [-0.25, -0.2) is 0 Å². The summed E-state index contributed by atoms with van der Waals surface area (Å²) in [6, 6.07) is 3.62. The molecule has 88 valence electrons. The number of hydrogen-bond acceptors (Lipinski definition) is 2. The van der Waals surface area contributed by atoms with Crippen LogP contribution in [-0.4, -0.2) is 18.2 Å². The number of hydrogen-bond donors (Lipinski definition) is 1. The molecule has 0 heterocycles. The summed E-state index contributed by atoms with van der Waals surface area (Å²) in [5, 5.41) is 9.17. The van der Waals surface area contributed by atoms with Crippen molar-refractivity contribution >= 4 is 21.9 Å². The molecule has 0 radical (unpaired) electrons. The van der Waals surface area contributed by atoms with Crippen LogP contribution >= 0.6 is 15.9 Å². The third-order valence-corrected chi connectivity index (χ3v) is 3.71. The van der Waals surface area contributed by atoms with Crippen LogP contribution in [0.4, 0.5) is 0 Å². The maximum absolute atomic E-state index is 11.2. The van der Waals surface area contributed by atoms with Gasteiger partial charge in [0.1, 0.15) is 5.75 Å². The zero-order valence-electron chi connectivity index (χ0n) is 9.80. The second-order valence-electron chi connectivity index (χ2n) is 4.24. The molecule has 0 aliphatic heterocycles. The molecule has 1 aromatic carbocycles. The van der Waals surface area contributed by atoms with Crippen molar-refractivity contribution in [2.45, 2.75) is 26.2 Å². The van der Waals surface area contributed by atoms with Gasteiger partial charge >= 0.3 is 5.97 Å². The fourth-order valence-electron chi connectivity index (χ4n) is 1.37. The molecule has 0 spiro atoms. The Morgan fingerprint density at radius 1 is 1.44 bits per heavy atom. The summed E-state index contributed by atoms with van der Waals surface area (Å²) < 4.78 is 6.06. The number of carboxylic acid groups (broad SMARTS) is 1. The molecule has 0 amide bonds. The van der Waals surface area contributed by atoms with Crippen molar-refractivity contribution in [2.24, 2.45) is 0 Å². The number of aryl methyl sites for hydroxylation is 1. The van der Waals surface area contributed by atoms with Crippen LogP contribution in [0.1, 0.15) is 25.0 Å².